The second-order valence-electron chi connectivity index (χ2n) is 13.1. The quantitative estimate of drug-likeness (QED) is 0.499. The summed E-state index contributed by atoms with van der Waals surface area (Å²) in [5, 5.41) is 10.3. The summed E-state index contributed by atoms with van der Waals surface area (Å²) in [6.45, 7) is 15.2. The van der Waals surface area contributed by atoms with Crippen molar-refractivity contribution in [3.63, 3.8) is 0 Å². The molecule has 4 aliphatic rings. The predicted octanol–water partition coefficient (Wildman–Crippen LogP) is 7.71. The molecule has 0 amide bonds. The molecule has 29 heavy (non-hydrogen) atoms. The summed E-state index contributed by atoms with van der Waals surface area (Å²) in [4.78, 5) is 0. The molecular weight excluding hydrogens is 352 g/mol. The normalized spacial score (nSPS) is 49.2. The molecule has 1 nitrogen and oxygen atoms in total. The highest BCUT2D eigenvalue weighted by molar-refractivity contribution is 5.09. The molecule has 4 rings (SSSR count). The van der Waals surface area contributed by atoms with Gasteiger partial charge in [0.1, 0.15) is 0 Å². The summed E-state index contributed by atoms with van der Waals surface area (Å²) in [5.74, 6) is 7.28. The van der Waals surface area contributed by atoms with Gasteiger partial charge >= 0.3 is 0 Å². The molecule has 4 fully saturated rings. The standard InChI is InChI=1S/C28H50O/c1-18(2)19(3)7-8-20(4)24-11-12-25-23-10-9-21-17-22(29)13-15-27(21,5)26(23)14-16-28(24,25)6/h18-26,29H,7-17H2,1-6H3/t19-,20+,21-,22+,23?,24?,25?,26?,27+,28?/m0/s1. The van der Waals surface area contributed by atoms with E-state index < -0.39 is 0 Å². The molecule has 0 heterocycles. The van der Waals surface area contributed by atoms with Gasteiger partial charge in [-0.3, -0.25) is 0 Å². The second-order valence-corrected chi connectivity index (χ2v) is 13.1. The fourth-order valence-corrected chi connectivity index (χ4v) is 9.27. The molecule has 0 aromatic heterocycles. The number of aliphatic hydroxyl groups excluding tert-OH is 1. The van der Waals surface area contributed by atoms with Crippen LogP contribution in [-0.2, 0) is 0 Å². The summed E-state index contributed by atoms with van der Waals surface area (Å²) >= 11 is 0. The van der Waals surface area contributed by atoms with Crippen LogP contribution in [0.25, 0.3) is 0 Å². The molecular formula is C28H50O. The highest BCUT2D eigenvalue weighted by atomic mass is 16.3. The summed E-state index contributed by atoms with van der Waals surface area (Å²) in [5.41, 5.74) is 1.14. The Labute approximate surface area is 181 Å². The van der Waals surface area contributed by atoms with Gasteiger partial charge in [0.05, 0.1) is 6.10 Å². The minimum atomic E-state index is -0.0107. The first kappa shape index (κ1) is 22.2. The largest absolute Gasteiger partial charge is 0.393 e. The van der Waals surface area contributed by atoms with Crippen LogP contribution in [0.5, 0.6) is 0 Å². The van der Waals surface area contributed by atoms with Gasteiger partial charge < -0.3 is 5.11 Å². The molecule has 0 radical (unpaired) electrons. The average molecular weight is 403 g/mol. The van der Waals surface area contributed by atoms with Gasteiger partial charge in [0, 0.05) is 0 Å². The van der Waals surface area contributed by atoms with Gasteiger partial charge in [-0.05, 0) is 116 Å². The summed E-state index contributed by atoms with van der Waals surface area (Å²) in [6.07, 6.45) is 15.1. The number of hydrogen-bond donors (Lipinski definition) is 1. The Kier molecular flexibility index (Phi) is 6.22. The first-order chi connectivity index (χ1) is 13.7. The van der Waals surface area contributed by atoms with Crippen molar-refractivity contribution in [1.29, 1.82) is 0 Å². The first-order valence-electron chi connectivity index (χ1n) is 13.3. The Morgan fingerprint density at radius 3 is 2.21 bits per heavy atom. The summed E-state index contributed by atoms with van der Waals surface area (Å²) in [6, 6.07) is 0. The molecule has 0 aromatic carbocycles. The van der Waals surface area contributed by atoms with Crippen LogP contribution in [0.2, 0.25) is 0 Å². The predicted molar refractivity (Wildman–Crippen MR) is 124 cm³/mol. The molecule has 0 spiro atoms. The van der Waals surface area contributed by atoms with Gasteiger partial charge in [-0.25, -0.2) is 0 Å². The first-order valence-corrected chi connectivity index (χ1v) is 13.3. The van der Waals surface area contributed by atoms with Crippen molar-refractivity contribution in [2.75, 3.05) is 0 Å². The Bertz CT molecular complexity index is 569. The van der Waals surface area contributed by atoms with E-state index in [0.29, 0.717) is 10.8 Å². The zero-order valence-corrected chi connectivity index (χ0v) is 20.4. The lowest BCUT2D eigenvalue weighted by Crippen LogP contribution is -2.54. The number of fused-ring (bicyclic) bond motifs is 5. The van der Waals surface area contributed by atoms with Crippen molar-refractivity contribution < 1.29 is 5.11 Å². The molecule has 0 bridgehead atoms. The van der Waals surface area contributed by atoms with Gasteiger partial charge in [0.15, 0.2) is 0 Å². The van der Waals surface area contributed by atoms with Crippen molar-refractivity contribution in [3.8, 4) is 0 Å². The van der Waals surface area contributed by atoms with E-state index in [1.807, 2.05) is 0 Å². The molecule has 168 valence electrons. The zero-order chi connectivity index (χ0) is 21.0. The SMILES string of the molecule is CC(C)[C@@H](C)CC[C@@H](C)C1CCC2C3CC[C@H]4C[C@H](O)CC[C@@]4(C)C3CCC21C. The minimum absolute atomic E-state index is 0.0107. The maximum Gasteiger partial charge on any atom is 0.0543 e. The van der Waals surface area contributed by atoms with Crippen molar-refractivity contribution in [1.82, 2.24) is 0 Å². The topological polar surface area (TPSA) is 20.2 Å². The lowest BCUT2D eigenvalue weighted by atomic mass is 9.44. The fourth-order valence-electron chi connectivity index (χ4n) is 9.27. The van der Waals surface area contributed by atoms with E-state index in [9.17, 15) is 5.11 Å². The number of rotatable bonds is 5. The Morgan fingerprint density at radius 1 is 0.793 bits per heavy atom. The van der Waals surface area contributed by atoms with Crippen LogP contribution >= 0.6 is 0 Å². The van der Waals surface area contributed by atoms with Crippen molar-refractivity contribution >= 4 is 0 Å². The van der Waals surface area contributed by atoms with E-state index in [-0.39, 0.29) is 6.10 Å². The molecule has 0 saturated heterocycles. The number of hydrogen-bond acceptors (Lipinski definition) is 1. The third-order valence-electron chi connectivity index (χ3n) is 11.6. The van der Waals surface area contributed by atoms with Crippen molar-refractivity contribution in [2.45, 2.75) is 118 Å². The van der Waals surface area contributed by atoms with Gasteiger partial charge in [-0.2, -0.15) is 0 Å². The number of aliphatic hydroxyl groups is 1. The molecule has 1 N–H and O–H groups in total. The van der Waals surface area contributed by atoms with Crippen LogP contribution in [0.4, 0.5) is 0 Å². The van der Waals surface area contributed by atoms with Crippen LogP contribution in [0.15, 0.2) is 0 Å². The Balaban J connectivity index is 1.46. The monoisotopic (exact) mass is 402 g/mol. The summed E-state index contributed by atoms with van der Waals surface area (Å²) in [7, 11) is 0. The maximum atomic E-state index is 10.3. The van der Waals surface area contributed by atoms with Gasteiger partial charge in [0.25, 0.3) is 0 Å². The molecule has 1 heteroatoms. The molecule has 4 saturated carbocycles. The van der Waals surface area contributed by atoms with Crippen LogP contribution in [0.3, 0.4) is 0 Å². The van der Waals surface area contributed by atoms with E-state index >= 15 is 0 Å². The molecule has 5 unspecified atom stereocenters. The van der Waals surface area contributed by atoms with E-state index in [1.165, 1.54) is 57.8 Å². The third kappa shape index (κ3) is 3.74. The highest BCUT2D eigenvalue weighted by Crippen LogP contribution is 2.68. The average Bonchev–Trinajstić information content (AvgIpc) is 3.03. The van der Waals surface area contributed by atoms with Crippen molar-refractivity contribution in [3.05, 3.63) is 0 Å². The van der Waals surface area contributed by atoms with Gasteiger partial charge in [0.2, 0.25) is 0 Å². The van der Waals surface area contributed by atoms with E-state index in [4.69, 9.17) is 0 Å². The zero-order valence-electron chi connectivity index (χ0n) is 20.4. The third-order valence-corrected chi connectivity index (χ3v) is 11.6. The Hall–Kier alpha value is -0.0400. The van der Waals surface area contributed by atoms with Crippen LogP contribution in [0.1, 0.15) is 112 Å². The summed E-state index contributed by atoms with van der Waals surface area (Å²) < 4.78 is 0. The fraction of sp³-hybridized carbons (Fsp3) is 1.00. The maximum absolute atomic E-state index is 10.3. The second kappa shape index (κ2) is 8.14. The molecule has 10 atom stereocenters. The van der Waals surface area contributed by atoms with Gasteiger partial charge in [-0.15, -0.1) is 0 Å². The van der Waals surface area contributed by atoms with Gasteiger partial charge in [-0.1, -0.05) is 54.4 Å². The highest BCUT2D eigenvalue weighted by Gasteiger charge is 2.60. The van der Waals surface area contributed by atoms with E-state index in [1.54, 1.807) is 0 Å². The van der Waals surface area contributed by atoms with E-state index in [0.717, 1.165) is 60.2 Å². The van der Waals surface area contributed by atoms with Crippen LogP contribution in [0, 0.1) is 58.2 Å². The smallest absolute Gasteiger partial charge is 0.0543 e. The lowest BCUT2D eigenvalue weighted by Gasteiger charge is -2.61. The molecule has 0 aliphatic heterocycles. The lowest BCUT2D eigenvalue weighted by molar-refractivity contribution is -0.129. The van der Waals surface area contributed by atoms with Crippen LogP contribution in [-0.4, -0.2) is 11.2 Å². The van der Waals surface area contributed by atoms with Crippen molar-refractivity contribution in [2.24, 2.45) is 58.2 Å². The molecule has 0 aromatic rings. The molecule has 4 aliphatic carbocycles. The Morgan fingerprint density at radius 2 is 1.48 bits per heavy atom. The van der Waals surface area contributed by atoms with Crippen LogP contribution < -0.4 is 0 Å². The van der Waals surface area contributed by atoms with E-state index in [2.05, 4.69) is 41.5 Å². The minimum Gasteiger partial charge on any atom is -0.393 e.